The molecule has 4 rings (SSSR count). The molecule has 0 amide bonds. The Morgan fingerprint density at radius 2 is 1.73 bits per heavy atom. The lowest BCUT2D eigenvalue weighted by Crippen LogP contribution is -2.21. The maximum Gasteiger partial charge on any atom is 0.315 e. The number of unbranched alkanes of at least 4 members (excludes halogenated alkanes) is 3. The Morgan fingerprint density at radius 1 is 0.950 bits per heavy atom. The first-order valence-electron chi connectivity index (χ1n) is 13.3. The van der Waals surface area contributed by atoms with E-state index in [9.17, 15) is 10.1 Å². The van der Waals surface area contributed by atoms with Crippen molar-refractivity contribution in [2.24, 2.45) is 5.73 Å². The van der Waals surface area contributed by atoms with Crippen molar-refractivity contribution in [3.8, 4) is 34.8 Å². The van der Waals surface area contributed by atoms with E-state index in [1.54, 1.807) is 44.6 Å². The Kier molecular flexibility index (Phi) is 9.53. The molecule has 3 aromatic rings. The van der Waals surface area contributed by atoms with Gasteiger partial charge in [-0.1, -0.05) is 50.5 Å². The SMILES string of the molecule is CCCCCCOc1ccc(C2C(C#N)=C(N)Oc3cc(OC(=O)Cc4ccc(OC)cc4)ccc32)cc1OC. The highest BCUT2D eigenvalue weighted by Gasteiger charge is 2.31. The first kappa shape index (κ1) is 28.4. The average molecular weight is 543 g/mol. The molecule has 3 aromatic carbocycles. The molecule has 0 spiro atoms. The van der Waals surface area contributed by atoms with Gasteiger partial charge in [0.2, 0.25) is 5.88 Å². The quantitative estimate of drug-likeness (QED) is 0.168. The van der Waals surface area contributed by atoms with E-state index in [2.05, 4.69) is 13.0 Å². The average Bonchev–Trinajstić information content (AvgIpc) is 2.96. The van der Waals surface area contributed by atoms with Crippen LogP contribution in [0.2, 0.25) is 0 Å². The van der Waals surface area contributed by atoms with Gasteiger partial charge in [0.15, 0.2) is 11.5 Å². The normalized spacial score (nSPS) is 14.0. The summed E-state index contributed by atoms with van der Waals surface area (Å²) in [5.41, 5.74) is 8.77. The fraction of sp³-hybridized carbons (Fsp3) is 0.312. The molecule has 8 heteroatoms. The molecule has 2 N–H and O–H groups in total. The number of carbonyl (C=O) groups excluding carboxylic acids is 1. The van der Waals surface area contributed by atoms with Crippen molar-refractivity contribution >= 4 is 5.97 Å². The predicted molar refractivity (Wildman–Crippen MR) is 151 cm³/mol. The van der Waals surface area contributed by atoms with Gasteiger partial charge in [0.05, 0.1) is 33.2 Å². The van der Waals surface area contributed by atoms with Crippen LogP contribution >= 0.6 is 0 Å². The summed E-state index contributed by atoms with van der Waals surface area (Å²) in [5.74, 6) is 1.73. The van der Waals surface area contributed by atoms with Crippen LogP contribution in [0.25, 0.3) is 0 Å². The van der Waals surface area contributed by atoms with Crippen LogP contribution in [0, 0.1) is 11.3 Å². The van der Waals surface area contributed by atoms with Crippen LogP contribution in [0.1, 0.15) is 55.2 Å². The third-order valence-corrected chi connectivity index (χ3v) is 6.71. The number of benzene rings is 3. The number of nitriles is 1. The minimum Gasteiger partial charge on any atom is -0.497 e. The summed E-state index contributed by atoms with van der Waals surface area (Å²) >= 11 is 0. The van der Waals surface area contributed by atoms with Gasteiger partial charge in [0, 0.05) is 11.6 Å². The minimum absolute atomic E-state index is 0.00285. The highest BCUT2D eigenvalue weighted by atomic mass is 16.5. The molecule has 8 nitrogen and oxygen atoms in total. The van der Waals surface area contributed by atoms with Crippen molar-refractivity contribution < 1.29 is 28.5 Å². The zero-order valence-electron chi connectivity index (χ0n) is 23.1. The maximum absolute atomic E-state index is 12.6. The van der Waals surface area contributed by atoms with Crippen molar-refractivity contribution in [2.45, 2.75) is 44.9 Å². The summed E-state index contributed by atoms with van der Waals surface area (Å²) in [6, 6.07) is 20.1. The van der Waals surface area contributed by atoms with Crippen LogP contribution in [-0.2, 0) is 11.2 Å². The third-order valence-electron chi connectivity index (χ3n) is 6.71. The van der Waals surface area contributed by atoms with Gasteiger partial charge in [-0.3, -0.25) is 4.79 Å². The summed E-state index contributed by atoms with van der Waals surface area (Å²) in [6.07, 6.45) is 4.52. The highest BCUT2D eigenvalue weighted by Crippen LogP contribution is 2.45. The molecule has 208 valence electrons. The Labute approximate surface area is 234 Å². The second-order valence-electron chi connectivity index (χ2n) is 9.44. The zero-order chi connectivity index (χ0) is 28.5. The van der Waals surface area contributed by atoms with Crippen molar-refractivity contribution in [2.75, 3.05) is 20.8 Å². The molecular formula is C32H34N2O6. The van der Waals surface area contributed by atoms with Gasteiger partial charge in [0.25, 0.3) is 0 Å². The maximum atomic E-state index is 12.6. The summed E-state index contributed by atoms with van der Waals surface area (Å²) in [6.45, 7) is 2.78. The van der Waals surface area contributed by atoms with Crippen LogP contribution < -0.4 is 29.4 Å². The summed E-state index contributed by atoms with van der Waals surface area (Å²) in [5, 5.41) is 9.93. The first-order chi connectivity index (χ1) is 19.5. The van der Waals surface area contributed by atoms with Crippen LogP contribution in [0.4, 0.5) is 0 Å². The summed E-state index contributed by atoms with van der Waals surface area (Å²) in [4.78, 5) is 12.6. The molecule has 1 aliphatic rings. The number of methoxy groups -OCH3 is 2. The van der Waals surface area contributed by atoms with Crippen molar-refractivity contribution in [3.05, 3.63) is 88.8 Å². The zero-order valence-corrected chi connectivity index (χ0v) is 23.1. The van der Waals surface area contributed by atoms with Crippen LogP contribution in [-0.4, -0.2) is 26.8 Å². The van der Waals surface area contributed by atoms with E-state index in [1.165, 1.54) is 6.42 Å². The second-order valence-corrected chi connectivity index (χ2v) is 9.44. The van der Waals surface area contributed by atoms with Gasteiger partial charge in [0.1, 0.15) is 28.9 Å². The van der Waals surface area contributed by atoms with Gasteiger partial charge in [-0.15, -0.1) is 0 Å². The van der Waals surface area contributed by atoms with E-state index >= 15 is 0 Å². The van der Waals surface area contributed by atoms with Gasteiger partial charge in [-0.05, 0) is 47.9 Å². The molecule has 0 saturated carbocycles. The van der Waals surface area contributed by atoms with Crippen LogP contribution in [0.3, 0.4) is 0 Å². The molecule has 0 fully saturated rings. The molecule has 1 heterocycles. The largest absolute Gasteiger partial charge is 0.497 e. The van der Waals surface area contributed by atoms with E-state index in [1.807, 2.05) is 30.3 Å². The molecule has 0 aliphatic carbocycles. The molecule has 0 saturated heterocycles. The van der Waals surface area contributed by atoms with Gasteiger partial charge >= 0.3 is 5.97 Å². The molecule has 1 aliphatic heterocycles. The van der Waals surface area contributed by atoms with Crippen molar-refractivity contribution in [3.63, 3.8) is 0 Å². The number of hydrogen-bond donors (Lipinski definition) is 1. The fourth-order valence-electron chi connectivity index (χ4n) is 4.61. The molecule has 0 aromatic heterocycles. The monoisotopic (exact) mass is 542 g/mol. The number of carbonyl (C=O) groups is 1. The minimum atomic E-state index is -0.495. The predicted octanol–water partition coefficient (Wildman–Crippen LogP) is 6.03. The van der Waals surface area contributed by atoms with Gasteiger partial charge in [-0.2, -0.15) is 5.26 Å². The van der Waals surface area contributed by atoms with Crippen molar-refractivity contribution in [1.82, 2.24) is 0 Å². The molecular weight excluding hydrogens is 508 g/mol. The number of esters is 1. The number of ether oxygens (including phenoxy) is 5. The van der Waals surface area contributed by atoms with E-state index < -0.39 is 11.9 Å². The number of rotatable bonds is 12. The molecule has 40 heavy (non-hydrogen) atoms. The lowest BCUT2D eigenvalue weighted by molar-refractivity contribution is -0.133. The lowest BCUT2D eigenvalue weighted by atomic mass is 9.83. The topological polar surface area (TPSA) is 113 Å². The summed E-state index contributed by atoms with van der Waals surface area (Å²) in [7, 11) is 3.17. The van der Waals surface area contributed by atoms with E-state index in [4.69, 9.17) is 29.4 Å². The van der Waals surface area contributed by atoms with Crippen LogP contribution in [0.5, 0.6) is 28.7 Å². The summed E-state index contributed by atoms with van der Waals surface area (Å²) < 4.78 is 28.1. The standard InChI is InChI=1S/C32H34N2O6/c1-4-5-6-7-16-38-27-15-10-22(18-29(27)37-3)31-25-14-13-24(19-28(25)40-32(34)26(31)20-33)39-30(35)17-21-8-11-23(36-2)12-9-21/h8-15,18-19,31H,4-7,16-17,34H2,1-3H3. The van der Waals surface area contributed by atoms with Gasteiger partial charge < -0.3 is 29.4 Å². The smallest absolute Gasteiger partial charge is 0.315 e. The molecule has 0 bridgehead atoms. The number of nitrogens with two attached hydrogens (primary N) is 1. The van der Waals surface area contributed by atoms with E-state index in [-0.39, 0.29) is 17.9 Å². The fourth-order valence-corrected chi connectivity index (χ4v) is 4.61. The Bertz CT molecular complexity index is 1410. The lowest BCUT2D eigenvalue weighted by Gasteiger charge is -2.27. The van der Waals surface area contributed by atoms with Crippen molar-refractivity contribution in [1.29, 1.82) is 5.26 Å². The first-order valence-corrected chi connectivity index (χ1v) is 13.3. The number of nitrogens with zero attached hydrogens (tertiary/aromatic N) is 1. The van der Waals surface area contributed by atoms with E-state index in [0.717, 1.165) is 36.0 Å². The number of fused-ring (bicyclic) bond motifs is 1. The third kappa shape index (κ3) is 6.67. The molecule has 1 atom stereocenters. The Balaban J connectivity index is 1.54. The van der Waals surface area contributed by atoms with E-state index in [0.29, 0.717) is 35.4 Å². The van der Waals surface area contributed by atoms with Gasteiger partial charge in [-0.25, -0.2) is 0 Å². The second kappa shape index (κ2) is 13.4. The Hall–Kier alpha value is -4.64. The number of allylic oxidation sites excluding steroid dienone is 1. The molecule has 1 unspecified atom stereocenters. The Morgan fingerprint density at radius 3 is 2.42 bits per heavy atom. The molecule has 0 radical (unpaired) electrons. The van der Waals surface area contributed by atoms with Crippen LogP contribution in [0.15, 0.2) is 72.1 Å². The number of hydrogen-bond acceptors (Lipinski definition) is 8. The highest BCUT2D eigenvalue weighted by molar-refractivity contribution is 5.75.